The molecule has 0 saturated heterocycles. The summed E-state index contributed by atoms with van der Waals surface area (Å²) in [6.45, 7) is 0.0769. The molecule has 0 fully saturated rings. The molecule has 0 aromatic carbocycles. The summed E-state index contributed by atoms with van der Waals surface area (Å²) in [5.74, 6) is 0. The molecule has 0 spiro atoms. The second kappa shape index (κ2) is 4.65. The SMILES string of the molecule is N#CC=NCC#N. The van der Waals surface area contributed by atoms with Crippen molar-refractivity contribution < 1.29 is 0 Å². The quantitative estimate of drug-likeness (QED) is 0.341. The van der Waals surface area contributed by atoms with Crippen molar-refractivity contribution in [2.75, 3.05) is 6.54 Å². The number of hydrogen-bond acceptors (Lipinski definition) is 3. The van der Waals surface area contributed by atoms with Crippen LogP contribution in [0.2, 0.25) is 0 Å². The van der Waals surface area contributed by atoms with E-state index in [1.54, 1.807) is 12.1 Å². The van der Waals surface area contributed by atoms with Crippen LogP contribution in [0.3, 0.4) is 0 Å². The van der Waals surface area contributed by atoms with Crippen molar-refractivity contribution in [3.05, 3.63) is 0 Å². The zero-order valence-electron chi connectivity index (χ0n) is 3.63. The van der Waals surface area contributed by atoms with E-state index < -0.39 is 0 Å². The van der Waals surface area contributed by atoms with E-state index in [9.17, 15) is 0 Å². The lowest BCUT2D eigenvalue weighted by Gasteiger charge is -1.64. The van der Waals surface area contributed by atoms with Gasteiger partial charge >= 0.3 is 0 Å². The lowest BCUT2D eigenvalue weighted by Crippen LogP contribution is -1.69. The molecule has 0 aliphatic heterocycles. The van der Waals surface area contributed by atoms with Crippen LogP contribution in [0.1, 0.15) is 0 Å². The topological polar surface area (TPSA) is 59.9 Å². The third-order valence-corrected chi connectivity index (χ3v) is 0.311. The molecule has 0 amide bonds. The van der Waals surface area contributed by atoms with Crippen LogP contribution in [-0.2, 0) is 0 Å². The van der Waals surface area contributed by atoms with Crippen LogP contribution in [-0.4, -0.2) is 12.8 Å². The lowest BCUT2D eigenvalue weighted by atomic mass is 10.7. The van der Waals surface area contributed by atoms with Crippen molar-refractivity contribution in [2.45, 2.75) is 0 Å². The lowest BCUT2D eigenvalue weighted by molar-refractivity contribution is 1.25. The first-order valence-electron chi connectivity index (χ1n) is 1.66. The van der Waals surface area contributed by atoms with Gasteiger partial charge in [0.1, 0.15) is 12.6 Å². The number of hydrogen-bond donors (Lipinski definition) is 0. The summed E-state index contributed by atoms with van der Waals surface area (Å²) in [5, 5.41) is 15.6. The summed E-state index contributed by atoms with van der Waals surface area (Å²) in [5.41, 5.74) is 0. The zero-order valence-corrected chi connectivity index (χ0v) is 3.63. The van der Waals surface area contributed by atoms with Gasteiger partial charge in [-0.2, -0.15) is 10.5 Å². The second-order valence-electron chi connectivity index (χ2n) is 0.757. The number of nitriles is 2. The Balaban J connectivity index is 3.19. The standard InChI is InChI=1S/C4H3N3/c5-1-3-7-4-2-6/h3H,4H2. The Morgan fingerprint density at radius 2 is 2.29 bits per heavy atom. The highest BCUT2D eigenvalue weighted by Gasteiger charge is 1.64. The maximum atomic E-state index is 7.82. The van der Waals surface area contributed by atoms with Gasteiger partial charge in [-0.05, 0) is 0 Å². The first-order valence-corrected chi connectivity index (χ1v) is 1.66. The molecule has 0 N–H and O–H groups in total. The van der Waals surface area contributed by atoms with Gasteiger partial charge in [0.05, 0.1) is 12.3 Å². The molecule has 0 aromatic heterocycles. The minimum absolute atomic E-state index is 0.0769. The fourth-order valence-corrected chi connectivity index (χ4v) is 0.127. The average molecular weight is 93.1 g/mol. The van der Waals surface area contributed by atoms with Crippen molar-refractivity contribution in [3.8, 4) is 12.1 Å². The van der Waals surface area contributed by atoms with Gasteiger partial charge in [-0.3, -0.25) is 4.99 Å². The molecular formula is C4H3N3. The molecular weight excluding hydrogens is 90.1 g/mol. The predicted octanol–water partition coefficient (Wildman–Crippen LogP) is 0.104. The van der Waals surface area contributed by atoms with Gasteiger partial charge in [-0.15, -0.1) is 0 Å². The van der Waals surface area contributed by atoms with Gasteiger partial charge in [0.15, 0.2) is 0 Å². The van der Waals surface area contributed by atoms with Crippen molar-refractivity contribution in [1.29, 1.82) is 10.5 Å². The van der Waals surface area contributed by atoms with Crippen LogP contribution in [0.4, 0.5) is 0 Å². The first-order chi connectivity index (χ1) is 3.41. The summed E-state index contributed by atoms with van der Waals surface area (Å²) >= 11 is 0. The molecule has 34 valence electrons. The van der Waals surface area contributed by atoms with Gasteiger partial charge in [0, 0.05) is 0 Å². The number of aliphatic imine (C=N–C) groups is 1. The van der Waals surface area contributed by atoms with Crippen LogP contribution < -0.4 is 0 Å². The van der Waals surface area contributed by atoms with Gasteiger partial charge in [0.2, 0.25) is 0 Å². The van der Waals surface area contributed by atoms with E-state index in [4.69, 9.17) is 10.5 Å². The molecule has 3 nitrogen and oxygen atoms in total. The van der Waals surface area contributed by atoms with Gasteiger partial charge in [-0.25, -0.2) is 0 Å². The Morgan fingerprint density at radius 1 is 1.57 bits per heavy atom. The van der Waals surface area contributed by atoms with Crippen LogP contribution in [0.25, 0.3) is 0 Å². The fraction of sp³-hybridized carbons (Fsp3) is 0.250. The maximum absolute atomic E-state index is 7.82. The van der Waals surface area contributed by atoms with Crippen LogP contribution >= 0.6 is 0 Å². The number of nitrogens with zero attached hydrogens (tertiary/aromatic N) is 3. The third-order valence-electron chi connectivity index (χ3n) is 0.311. The molecule has 0 heterocycles. The summed E-state index contributed by atoms with van der Waals surface area (Å²) in [6, 6.07) is 3.41. The Morgan fingerprint density at radius 3 is 2.71 bits per heavy atom. The molecule has 7 heavy (non-hydrogen) atoms. The molecule has 0 unspecified atom stereocenters. The Kier molecular flexibility index (Phi) is 3.75. The van der Waals surface area contributed by atoms with Gasteiger partial charge in [-0.1, -0.05) is 0 Å². The van der Waals surface area contributed by atoms with E-state index in [1.807, 2.05) is 0 Å². The highest BCUT2D eigenvalue weighted by molar-refractivity contribution is 5.74. The Labute approximate surface area is 41.5 Å². The molecule has 0 saturated carbocycles. The maximum Gasteiger partial charge on any atom is 0.127 e. The minimum atomic E-state index is 0.0769. The monoisotopic (exact) mass is 93.0 g/mol. The smallest absolute Gasteiger partial charge is 0.127 e. The molecule has 0 atom stereocenters. The van der Waals surface area contributed by atoms with Crippen molar-refractivity contribution in [2.24, 2.45) is 4.99 Å². The second-order valence-corrected chi connectivity index (χ2v) is 0.757. The molecule has 0 aliphatic rings. The highest BCUT2D eigenvalue weighted by atomic mass is 14.7. The van der Waals surface area contributed by atoms with E-state index in [1.165, 1.54) is 0 Å². The van der Waals surface area contributed by atoms with E-state index >= 15 is 0 Å². The normalized spacial score (nSPS) is 7.71. The molecule has 0 radical (unpaired) electrons. The van der Waals surface area contributed by atoms with E-state index in [0.29, 0.717) is 0 Å². The Bertz CT molecular complexity index is 134. The Hall–Kier alpha value is -1.35. The highest BCUT2D eigenvalue weighted by Crippen LogP contribution is 1.58. The van der Waals surface area contributed by atoms with Crippen LogP contribution in [0.5, 0.6) is 0 Å². The van der Waals surface area contributed by atoms with Crippen LogP contribution in [0.15, 0.2) is 4.99 Å². The molecule has 0 aromatic rings. The van der Waals surface area contributed by atoms with E-state index in [0.717, 1.165) is 6.21 Å². The van der Waals surface area contributed by atoms with Crippen molar-refractivity contribution >= 4 is 6.21 Å². The first kappa shape index (κ1) is 5.65. The van der Waals surface area contributed by atoms with Crippen molar-refractivity contribution in [3.63, 3.8) is 0 Å². The zero-order chi connectivity index (χ0) is 5.54. The minimum Gasteiger partial charge on any atom is -0.267 e. The average Bonchev–Trinajstić information content (AvgIpc) is 1.69. The van der Waals surface area contributed by atoms with Gasteiger partial charge in [0.25, 0.3) is 0 Å². The molecule has 0 rings (SSSR count). The molecule has 3 heteroatoms. The molecule has 0 bridgehead atoms. The third kappa shape index (κ3) is 4.65. The van der Waals surface area contributed by atoms with Crippen molar-refractivity contribution in [1.82, 2.24) is 0 Å². The summed E-state index contributed by atoms with van der Waals surface area (Å²) < 4.78 is 0. The van der Waals surface area contributed by atoms with Crippen LogP contribution in [0, 0.1) is 22.7 Å². The summed E-state index contributed by atoms with van der Waals surface area (Å²) in [4.78, 5) is 3.36. The molecule has 0 aliphatic carbocycles. The van der Waals surface area contributed by atoms with E-state index in [2.05, 4.69) is 4.99 Å². The largest absolute Gasteiger partial charge is 0.267 e. The van der Waals surface area contributed by atoms with E-state index in [-0.39, 0.29) is 6.54 Å². The number of rotatable bonds is 1. The summed E-state index contributed by atoms with van der Waals surface area (Å²) in [6.07, 6.45) is 1.04. The van der Waals surface area contributed by atoms with Gasteiger partial charge < -0.3 is 0 Å². The fourth-order valence-electron chi connectivity index (χ4n) is 0.127. The summed E-state index contributed by atoms with van der Waals surface area (Å²) in [7, 11) is 0. The predicted molar refractivity (Wildman–Crippen MR) is 24.6 cm³/mol.